The Morgan fingerprint density at radius 3 is 2.57 bits per heavy atom. The van der Waals surface area contributed by atoms with Crippen molar-refractivity contribution in [2.45, 2.75) is 19.5 Å². The number of hydrogen-bond donors (Lipinski definition) is 2. The molecule has 0 bridgehead atoms. The summed E-state index contributed by atoms with van der Waals surface area (Å²) >= 11 is 0. The molecule has 0 aliphatic carbocycles. The van der Waals surface area contributed by atoms with E-state index < -0.39 is 0 Å². The Hall–Kier alpha value is -3.36. The van der Waals surface area contributed by atoms with Gasteiger partial charge < -0.3 is 10.3 Å². The molecule has 2 N–H and O–H groups in total. The van der Waals surface area contributed by atoms with Crippen LogP contribution in [-0.2, 0) is 6.54 Å². The number of nitrogens with zero attached hydrogens (tertiary/aromatic N) is 2. The maximum absolute atomic E-state index is 12.4. The first kappa shape index (κ1) is 18.0. The lowest BCUT2D eigenvalue weighted by molar-refractivity contribution is 0.283. The second-order valence-corrected chi connectivity index (χ2v) is 7.14. The minimum absolute atomic E-state index is 0.178. The molecule has 5 nitrogen and oxygen atoms in total. The van der Waals surface area contributed by atoms with Crippen molar-refractivity contribution in [3.63, 3.8) is 0 Å². The van der Waals surface area contributed by atoms with E-state index in [9.17, 15) is 10.1 Å². The van der Waals surface area contributed by atoms with Crippen LogP contribution in [0.4, 0.5) is 0 Å². The number of nitriles is 1. The molecular weight excluding hydrogens is 348 g/mol. The third-order valence-electron chi connectivity index (χ3n) is 5.26. The molecule has 1 saturated heterocycles. The van der Waals surface area contributed by atoms with Crippen molar-refractivity contribution in [3.05, 3.63) is 82.3 Å². The summed E-state index contributed by atoms with van der Waals surface area (Å²) in [6, 6.07) is 17.9. The summed E-state index contributed by atoms with van der Waals surface area (Å²) in [6.07, 6.45) is 0. The Bertz CT molecular complexity index is 1140. The average molecular weight is 370 g/mol. The van der Waals surface area contributed by atoms with Gasteiger partial charge in [-0.05, 0) is 35.9 Å². The van der Waals surface area contributed by atoms with Crippen molar-refractivity contribution >= 4 is 10.8 Å². The fourth-order valence-corrected chi connectivity index (χ4v) is 3.49. The third-order valence-corrected chi connectivity index (χ3v) is 5.26. The molecule has 2 aromatic carbocycles. The number of H-pyrrole nitrogens is 1. The van der Waals surface area contributed by atoms with Crippen molar-refractivity contribution in [1.29, 1.82) is 5.26 Å². The number of rotatable bonds is 6. The van der Waals surface area contributed by atoms with E-state index >= 15 is 0 Å². The zero-order chi connectivity index (χ0) is 19.7. The summed E-state index contributed by atoms with van der Waals surface area (Å²) in [7, 11) is 0. The second kappa shape index (κ2) is 7.34. The van der Waals surface area contributed by atoms with Crippen LogP contribution in [0.2, 0.25) is 0 Å². The molecule has 4 rings (SSSR count). The molecule has 1 atom stereocenters. The van der Waals surface area contributed by atoms with Gasteiger partial charge in [0.2, 0.25) is 0 Å². The number of likely N-dealkylation sites (N-methyl/N-ethyl adjacent to an activating group) is 1. The quantitative estimate of drug-likeness (QED) is 0.652. The van der Waals surface area contributed by atoms with Crippen LogP contribution in [0.3, 0.4) is 0 Å². The van der Waals surface area contributed by atoms with Crippen molar-refractivity contribution < 1.29 is 0 Å². The first-order chi connectivity index (χ1) is 13.6. The zero-order valence-corrected chi connectivity index (χ0v) is 15.8. The van der Waals surface area contributed by atoms with Gasteiger partial charge in [0.15, 0.2) is 0 Å². The van der Waals surface area contributed by atoms with Crippen LogP contribution in [0, 0.1) is 11.3 Å². The van der Waals surface area contributed by atoms with E-state index in [-0.39, 0.29) is 5.56 Å². The van der Waals surface area contributed by atoms with Crippen molar-refractivity contribution in [2.24, 2.45) is 0 Å². The Morgan fingerprint density at radius 1 is 1.18 bits per heavy atom. The Labute approximate surface area is 163 Å². The van der Waals surface area contributed by atoms with Crippen molar-refractivity contribution in [3.8, 4) is 17.3 Å². The highest BCUT2D eigenvalue weighted by Crippen LogP contribution is 2.23. The molecule has 140 valence electrons. The molecule has 0 amide bonds. The van der Waals surface area contributed by atoms with E-state index in [0.29, 0.717) is 22.4 Å². The van der Waals surface area contributed by atoms with Gasteiger partial charge >= 0.3 is 0 Å². The molecule has 2 heterocycles. The van der Waals surface area contributed by atoms with Gasteiger partial charge in [-0.15, -0.1) is 0 Å². The summed E-state index contributed by atoms with van der Waals surface area (Å²) in [4.78, 5) is 17.8. The fraction of sp³-hybridized carbons (Fsp3) is 0.217. The summed E-state index contributed by atoms with van der Waals surface area (Å²) in [5, 5.41) is 13.8. The Morgan fingerprint density at radius 2 is 1.93 bits per heavy atom. The van der Waals surface area contributed by atoms with E-state index in [4.69, 9.17) is 0 Å². The smallest absolute Gasteiger partial charge is 0.256 e. The molecule has 1 aliphatic heterocycles. The van der Waals surface area contributed by atoms with Gasteiger partial charge in [0, 0.05) is 35.3 Å². The largest absolute Gasteiger partial charge is 0.378 e. The van der Waals surface area contributed by atoms with Crippen LogP contribution in [-0.4, -0.2) is 29.0 Å². The lowest BCUT2D eigenvalue weighted by Gasteiger charge is -2.19. The highest BCUT2D eigenvalue weighted by atomic mass is 16.1. The fourth-order valence-electron chi connectivity index (χ4n) is 3.49. The molecule has 1 unspecified atom stereocenters. The maximum Gasteiger partial charge on any atom is 0.256 e. The topological polar surface area (TPSA) is 81.8 Å². The van der Waals surface area contributed by atoms with Crippen molar-refractivity contribution in [2.75, 3.05) is 13.1 Å². The number of hydrogen-bond acceptors (Lipinski definition) is 4. The normalized spacial score (nSPS) is 15.5. The predicted molar refractivity (Wildman–Crippen MR) is 112 cm³/mol. The van der Waals surface area contributed by atoms with Crippen LogP contribution in [0.15, 0.2) is 65.6 Å². The van der Waals surface area contributed by atoms with Gasteiger partial charge in [-0.1, -0.05) is 43.8 Å². The van der Waals surface area contributed by atoms with Gasteiger partial charge in [-0.3, -0.25) is 9.69 Å². The SMILES string of the molecule is C=C1NC1CN(CC)Cc1ccc(-c2cc3c(C#N)cccc3c(=O)[nH]2)cc1. The highest BCUT2D eigenvalue weighted by Gasteiger charge is 2.27. The molecule has 3 aromatic rings. The average Bonchev–Trinajstić information content (AvgIpc) is 3.42. The zero-order valence-electron chi connectivity index (χ0n) is 15.8. The molecule has 0 spiro atoms. The van der Waals surface area contributed by atoms with E-state index in [1.54, 1.807) is 18.2 Å². The number of benzene rings is 2. The highest BCUT2D eigenvalue weighted by molar-refractivity contribution is 5.89. The van der Waals surface area contributed by atoms with Gasteiger partial charge in [0.1, 0.15) is 0 Å². The monoisotopic (exact) mass is 370 g/mol. The van der Waals surface area contributed by atoms with Crippen LogP contribution in [0.5, 0.6) is 0 Å². The minimum atomic E-state index is -0.178. The van der Waals surface area contributed by atoms with Crippen LogP contribution in [0.1, 0.15) is 18.1 Å². The molecule has 5 heteroatoms. The van der Waals surface area contributed by atoms with Gasteiger partial charge in [0.05, 0.1) is 17.7 Å². The van der Waals surface area contributed by atoms with E-state index in [0.717, 1.165) is 36.6 Å². The van der Waals surface area contributed by atoms with Crippen LogP contribution < -0.4 is 10.9 Å². The molecule has 0 radical (unpaired) electrons. The van der Waals surface area contributed by atoms with Crippen LogP contribution in [0.25, 0.3) is 22.0 Å². The standard InChI is InChI=1S/C23H22N4O/c1-3-27(14-22-15(2)25-22)13-16-7-9-17(10-8-16)21-11-20-18(12-24)5-4-6-19(20)23(28)26-21/h4-11,22,25H,2-3,13-14H2,1H3,(H,26,28). The first-order valence-electron chi connectivity index (χ1n) is 9.42. The number of fused-ring (bicyclic) bond motifs is 1. The summed E-state index contributed by atoms with van der Waals surface area (Å²) in [5.41, 5.74) is 4.31. The maximum atomic E-state index is 12.4. The molecule has 28 heavy (non-hydrogen) atoms. The van der Waals surface area contributed by atoms with Gasteiger partial charge in [-0.25, -0.2) is 0 Å². The second-order valence-electron chi connectivity index (χ2n) is 7.14. The lowest BCUT2D eigenvalue weighted by atomic mass is 10.0. The summed E-state index contributed by atoms with van der Waals surface area (Å²) < 4.78 is 0. The first-order valence-corrected chi connectivity index (χ1v) is 9.42. The van der Waals surface area contributed by atoms with Gasteiger partial charge in [-0.2, -0.15) is 5.26 Å². The minimum Gasteiger partial charge on any atom is -0.378 e. The molecule has 1 fully saturated rings. The summed E-state index contributed by atoms with van der Waals surface area (Å²) in [5.74, 6) is 0. The number of aromatic amines is 1. The lowest BCUT2D eigenvalue weighted by Crippen LogP contribution is -2.27. The van der Waals surface area contributed by atoms with Gasteiger partial charge in [0.25, 0.3) is 5.56 Å². The number of pyridine rings is 1. The molecule has 0 saturated carbocycles. The Kier molecular flexibility index (Phi) is 4.72. The molecular formula is C23H22N4O. The number of aromatic nitrogens is 1. The van der Waals surface area contributed by atoms with Crippen molar-refractivity contribution in [1.82, 2.24) is 15.2 Å². The molecule has 1 aromatic heterocycles. The Balaban J connectivity index is 1.59. The van der Waals surface area contributed by atoms with E-state index in [2.05, 4.69) is 46.9 Å². The van der Waals surface area contributed by atoms with Crippen LogP contribution >= 0.6 is 0 Å². The molecule has 1 aliphatic rings. The third kappa shape index (κ3) is 3.55. The van der Waals surface area contributed by atoms with E-state index in [1.807, 2.05) is 18.2 Å². The van der Waals surface area contributed by atoms with E-state index in [1.165, 1.54) is 5.56 Å². The summed E-state index contributed by atoms with van der Waals surface area (Å²) in [6.45, 7) is 8.91. The number of nitrogens with one attached hydrogen (secondary N) is 2. The predicted octanol–water partition coefficient (Wildman–Crippen LogP) is 3.37.